The molecular weight excluding hydrogens is 268 g/mol. The number of ether oxygens (including phenoxy) is 1. The lowest BCUT2D eigenvalue weighted by Gasteiger charge is -2.17. The molecule has 2 atom stereocenters. The van der Waals surface area contributed by atoms with E-state index in [9.17, 15) is 4.79 Å². The molecule has 1 aromatic carbocycles. The summed E-state index contributed by atoms with van der Waals surface area (Å²) in [5, 5.41) is 0. The Morgan fingerprint density at radius 1 is 1.31 bits per heavy atom. The van der Waals surface area contributed by atoms with E-state index in [4.69, 9.17) is 4.74 Å². The topological polar surface area (TPSA) is 26.3 Å². The van der Waals surface area contributed by atoms with E-state index in [0.717, 1.165) is 16.5 Å². The third kappa shape index (κ3) is 1.15. The number of esters is 1. The van der Waals surface area contributed by atoms with Crippen LogP contribution in [0.2, 0.25) is 0 Å². The summed E-state index contributed by atoms with van der Waals surface area (Å²) in [4.78, 5) is 11.7. The van der Waals surface area contributed by atoms with Gasteiger partial charge in [0.15, 0.2) is 0 Å². The van der Waals surface area contributed by atoms with E-state index in [2.05, 4.69) is 34.1 Å². The predicted octanol–water partition coefficient (Wildman–Crippen LogP) is 3.09. The minimum atomic E-state index is -0.200. The Labute approximate surface area is 102 Å². The van der Waals surface area contributed by atoms with Crippen LogP contribution in [0.1, 0.15) is 29.4 Å². The minimum Gasteiger partial charge on any atom is -0.466 e. The number of fused-ring (bicyclic) bond motifs is 5. The highest BCUT2D eigenvalue weighted by atomic mass is 79.9. The number of methoxy groups -OCH3 is 1. The van der Waals surface area contributed by atoms with Crippen molar-refractivity contribution in [2.45, 2.75) is 18.3 Å². The average molecular weight is 279 g/mol. The monoisotopic (exact) mass is 278 g/mol. The number of hydrogen-bond donors (Lipinski definition) is 0. The van der Waals surface area contributed by atoms with Crippen LogP contribution in [0.15, 0.2) is 34.3 Å². The molecule has 2 unspecified atom stereocenters. The van der Waals surface area contributed by atoms with E-state index in [1.54, 1.807) is 0 Å². The van der Waals surface area contributed by atoms with Crippen molar-refractivity contribution in [2.24, 2.45) is 0 Å². The molecule has 3 rings (SSSR count). The first-order chi connectivity index (χ1) is 7.74. The van der Waals surface area contributed by atoms with Gasteiger partial charge in [-0.25, -0.2) is 4.79 Å². The summed E-state index contributed by atoms with van der Waals surface area (Å²) in [5.41, 5.74) is 3.45. The van der Waals surface area contributed by atoms with Gasteiger partial charge in [0.2, 0.25) is 0 Å². The fourth-order valence-electron chi connectivity index (χ4n) is 2.85. The van der Waals surface area contributed by atoms with Crippen LogP contribution < -0.4 is 0 Å². The molecule has 3 heteroatoms. The van der Waals surface area contributed by atoms with Crippen molar-refractivity contribution in [1.82, 2.24) is 0 Å². The maximum absolute atomic E-state index is 11.7. The molecule has 0 spiro atoms. The lowest BCUT2D eigenvalue weighted by molar-refractivity contribution is -0.136. The molecule has 2 nitrogen and oxygen atoms in total. The standard InChI is InChI=1S/C13H11BrO2/c1-16-13(15)11-9-6-10(12(11)14)8-5-3-2-4-7(8)9/h2-5,9-10H,6H2,1H3. The van der Waals surface area contributed by atoms with Crippen molar-refractivity contribution in [1.29, 1.82) is 0 Å². The molecule has 2 aliphatic carbocycles. The van der Waals surface area contributed by atoms with Crippen molar-refractivity contribution in [3.8, 4) is 0 Å². The van der Waals surface area contributed by atoms with E-state index >= 15 is 0 Å². The fourth-order valence-corrected chi connectivity index (χ4v) is 3.72. The molecule has 0 saturated heterocycles. The van der Waals surface area contributed by atoms with Crippen molar-refractivity contribution >= 4 is 21.9 Å². The van der Waals surface area contributed by atoms with Crippen LogP contribution in [0, 0.1) is 0 Å². The van der Waals surface area contributed by atoms with Gasteiger partial charge in [-0.2, -0.15) is 0 Å². The number of carbonyl (C=O) groups is 1. The molecule has 0 saturated carbocycles. The lowest BCUT2D eigenvalue weighted by Crippen LogP contribution is -2.12. The summed E-state index contributed by atoms with van der Waals surface area (Å²) in [6.07, 6.45) is 1.00. The third-order valence-corrected chi connectivity index (χ3v) is 4.52. The molecule has 0 N–H and O–H groups in total. The number of halogens is 1. The largest absolute Gasteiger partial charge is 0.466 e. The maximum Gasteiger partial charge on any atom is 0.335 e. The van der Waals surface area contributed by atoms with Crippen LogP contribution in [0.25, 0.3) is 0 Å². The first-order valence-electron chi connectivity index (χ1n) is 5.30. The molecule has 0 amide bonds. The fraction of sp³-hybridized carbons (Fsp3) is 0.308. The van der Waals surface area contributed by atoms with Gasteiger partial charge in [0.1, 0.15) is 0 Å². The van der Waals surface area contributed by atoms with Crippen LogP contribution >= 0.6 is 15.9 Å². The molecule has 2 aliphatic rings. The third-order valence-electron chi connectivity index (χ3n) is 3.54. The summed E-state index contributed by atoms with van der Waals surface area (Å²) in [7, 11) is 1.44. The van der Waals surface area contributed by atoms with E-state index in [1.807, 2.05) is 6.07 Å². The molecule has 2 bridgehead atoms. The zero-order chi connectivity index (χ0) is 11.3. The summed E-state index contributed by atoms with van der Waals surface area (Å²) in [6.45, 7) is 0. The first-order valence-corrected chi connectivity index (χ1v) is 6.10. The minimum absolute atomic E-state index is 0.200. The smallest absolute Gasteiger partial charge is 0.335 e. The summed E-state index contributed by atoms with van der Waals surface area (Å²) in [6, 6.07) is 8.34. The molecular formula is C13H11BrO2. The van der Waals surface area contributed by atoms with E-state index in [1.165, 1.54) is 18.2 Å². The number of allylic oxidation sites excluding steroid dienone is 1. The Morgan fingerprint density at radius 3 is 2.56 bits per heavy atom. The van der Waals surface area contributed by atoms with Gasteiger partial charge in [-0.15, -0.1) is 0 Å². The van der Waals surface area contributed by atoms with Crippen LogP contribution in [0.5, 0.6) is 0 Å². The number of hydrogen-bond acceptors (Lipinski definition) is 2. The average Bonchev–Trinajstić information content (AvgIpc) is 2.84. The van der Waals surface area contributed by atoms with Crippen molar-refractivity contribution < 1.29 is 9.53 Å². The highest BCUT2D eigenvalue weighted by Crippen LogP contribution is 2.58. The van der Waals surface area contributed by atoms with Gasteiger partial charge in [0, 0.05) is 16.3 Å². The Balaban J connectivity index is 2.12. The second-order valence-electron chi connectivity index (χ2n) is 4.22. The summed E-state index contributed by atoms with van der Waals surface area (Å²) < 4.78 is 5.86. The van der Waals surface area contributed by atoms with Crippen LogP contribution in [-0.4, -0.2) is 13.1 Å². The molecule has 1 aromatic rings. The Hall–Kier alpha value is -1.09. The highest BCUT2D eigenvalue weighted by Gasteiger charge is 2.45. The molecule has 0 aromatic heterocycles. The molecule has 0 aliphatic heterocycles. The van der Waals surface area contributed by atoms with Crippen molar-refractivity contribution in [2.75, 3.05) is 7.11 Å². The molecule has 0 radical (unpaired) electrons. The molecule has 0 fully saturated rings. The Bertz CT molecular complexity index is 504. The van der Waals surface area contributed by atoms with Gasteiger partial charge in [0.05, 0.1) is 12.7 Å². The Kier molecular flexibility index (Phi) is 2.18. The van der Waals surface area contributed by atoms with Crippen LogP contribution in [0.4, 0.5) is 0 Å². The first kappa shape index (κ1) is 10.1. The Morgan fingerprint density at radius 2 is 1.94 bits per heavy atom. The summed E-state index contributed by atoms with van der Waals surface area (Å²) in [5.74, 6) is 0.382. The van der Waals surface area contributed by atoms with E-state index in [-0.39, 0.29) is 11.9 Å². The highest BCUT2D eigenvalue weighted by molar-refractivity contribution is 9.11. The SMILES string of the molecule is COC(=O)C1=C(Br)C2CC1c1ccccc12. The zero-order valence-electron chi connectivity index (χ0n) is 8.87. The van der Waals surface area contributed by atoms with Crippen LogP contribution in [-0.2, 0) is 9.53 Å². The van der Waals surface area contributed by atoms with Gasteiger partial charge in [-0.05, 0) is 17.5 Å². The number of carbonyl (C=O) groups excluding carboxylic acids is 1. The normalized spacial score (nSPS) is 25.9. The molecule has 82 valence electrons. The second kappa shape index (κ2) is 3.45. The lowest BCUT2D eigenvalue weighted by atomic mass is 9.91. The summed E-state index contributed by atoms with van der Waals surface area (Å²) >= 11 is 3.55. The number of benzene rings is 1. The molecule has 16 heavy (non-hydrogen) atoms. The van der Waals surface area contributed by atoms with Gasteiger partial charge < -0.3 is 4.74 Å². The second-order valence-corrected chi connectivity index (χ2v) is 5.08. The predicted molar refractivity (Wildman–Crippen MR) is 64.5 cm³/mol. The quantitative estimate of drug-likeness (QED) is 0.738. The number of rotatable bonds is 1. The van der Waals surface area contributed by atoms with Crippen molar-refractivity contribution in [3.05, 3.63) is 45.4 Å². The van der Waals surface area contributed by atoms with Crippen LogP contribution in [0.3, 0.4) is 0 Å². The van der Waals surface area contributed by atoms with E-state index < -0.39 is 0 Å². The van der Waals surface area contributed by atoms with Gasteiger partial charge in [-0.1, -0.05) is 40.2 Å². The van der Waals surface area contributed by atoms with Crippen molar-refractivity contribution in [3.63, 3.8) is 0 Å². The van der Waals surface area contributed by atoms with Gasteiger partial charge in [0.25, 0.3) is 0 Å². The van der Waals surface area contributed by atoms with E-state index in [0.29, 0.717) is 5.92 Å². The van der Waals surface area contributed by atoms with Gasteiger partial charge >= 0.3 is 5.97 Å². The zero-order valence-corrected chi connectivity index (χ0v) is 10.5. The van der Waals surface area contributed by atoms with Gasteiger partial charge in [-0.3, -0.25) is 0 Å². The molecule has 0 heterocycles. The maximum atomic E-state index is 11.7.